The largest absolute Gasteiger partial charge is 0.504 e. The Morgan fingerprint density at radius 2 is 1.09 bits per heavy atom. The lowest BCUT2D eigenvalue weighted by Crippen LogP contribution is -2.61. The van der Waals surface area contributed by atoms with Gasteiger partial charge in [-0.05, 0) is 60.1 Å². The summed E-state index contributed by atoms with van der Waals surface area (Å²) in [6, 6.07) is 9.58. The van der Waals surface area contributed by atoms with Crippen LogP contribution in [0.4, 0.5) is 0 Å². The molecule has 2 aliphatic rings. The number of phenols is 1. The Bertz CT molecular complexity index is 1400. The molecule has 0 aromatic heterocycles. The van der Waals surface area contributed by atoms with Crippen LogP contribution in [-0.4, -0.2) is 126 Å². The first-order valence-electron chi connectivity index (χ1n) is 14.8. The van der Waals surface area contributed by atoms with Gasteiger partial charge in [0.25, 0.3) is 0 Å². The van der Waals surface area contributed by atoms with Crippen molar-refractivity contribution in [2.45, 2.75) is 88.1 Å². The van der Waals surface area contributed by atoms with Crippen molar-refractivity contribution < 1.29 is 79.2 Å². The predicted octanol–water partition coefficient (Wildman–Crippen LogP) is -1.000. The van der Waals surface area contributed by atoms with Crippen molar-refractivity contribution in [3.05, 3.63) is 47.5 Å². The molecule has 2 aliphatic heterocycles. The third-order valence-electron chi connectivity index (χ3n) is 8.45. The third kappa shape index (κ3) is 8.05. The Morgan fingerprint density at radius 3 is 1.51 bits per heavy atom. The van der Waals surface area contributed by atoms with Gasteiger partial charge in [0, 0.05) is 0 Å². The van der Waals surface area contributed by atoms with Crippen LogP contribution in [0.2, 0.25) is 0 Å². The summed E-state index contributed by atoms with van der Waals surface area (Å²) in [6.45, 7) is 4.01. The van der Waals surface area contributed by atoms with Crippen molar-refractivity contribution in [1.29, 1.82) is 0 Å². The summed E-state index contributed by atoms with van der Waals surface area (Å²) in [6.07, 6.45) is -18.3. The Morgan fingerprint density at radius 1 is 0.660 bits per heavy atom. The second kappa shape index (κ2) is 15.0. The lowest BCUT2D eigenvalue weighted by Gasteiger charge is -2.40. The van der Waals surface area contributed by atoms with Crippen molar-refractivity contribution in [2.24, 2.45) is 11.8 Å². The molecule has 2 heterocycles. The number of aromatic hydroxyl groups is 1. The third-order valence-corrected chi connectivity index (χ3v) is 8.45. The molecule has 0 saturated carbocycles. The van der Waals surface area contributed by atoms with Gasteiger partial charge < -0.3 is 69.6 Å². The molecule has 16 nitrogen and oxygen atoms in total. The van der Waals surface area contributed by atoms with E-state index in [0.29, 0.717) is 24.2 Å². The maximum Gasteiger partial charge on any atom is 0.335 e. The SMILES string of the molecule is COc1ccc(C[C@@H](C)[C@@H](C)Cc2ccc(O[C@@H]3O[C@H](C(=O)O)[C@@H](O)[C@H](O)[C@H]3O)c(O[C@@H]3O[C@H](C(=O)O)[C@@H](O)[C@H](O)[C@H]3O)c2)cc1O. The monoisotopic (exact) mass is 668 g/mol. The number of hydrogen-bond donors (Lipinski definition) is 9. The zero-order valence-electron chi connectivity index (χ0n) is 25.7. The van der Waals surface area contributed by atoms with Crippen LogP contribution in [-0.2, 0) is 31.9 Å². The van der Waals surface area contributed by atoms with Crippen molar-refractivity contribution in [3.8, 4) is 23.0 Å². The fourth-order valence-electron chi connectivity index (χ4n) is 5.43. The minimum absolute atomic E-state index is 0.0147. The first-order chi connectivity index (χ1) is 22.1. The Hall–Kier alpha value is -3.74. The van der Waals surface area contributed by atoms with E-state index in [4.69, 9.17) is 23.7 Å². The number of carboxylic acids is 2. The van der Waals surface area contributed by atoms with Crippen LogP contribution >= 0.6 is 0 Å². The zero-order chi connectivity index (χ0) is 34.7. The van der Waals surface area contributed by atoms with E-state index < -0.39 is 73.4 Å². The molecule has 16 heteroatoms. The molecule has 2 aromatic rings. The van der Waals surface area contributed by atoms with Gasteiger partial charge in [0.2, 0.25) is 12.6 Å². The summed E-state index contributed by atoms with van der Waals surface area (Å²) >= 11 is 0. The molecule has 0 spiro atoms. The van der Waals surface area contributed by atoms with E-state index in [1.165, 1.54) is 19.2 Å². The molecule has 260 valence electrons. The summed E-state index contributed by atoms with van der Waals surface area (Å²) in [7, 11) is 1.45. The van der Waals surface area contributed by atoms with Gasteiger partial charge in [-0.2, -0.15) is 0 Å². The molecule has 2 fully saturated rings. The lowest BCUT2D eigenvalue weighted by molar-refractivity contribution is -0.276. The second-order valence-corrected chi connectivity index (χ2v) is 11.9. The van der Waals surface area contributed by atoms with Crippen LogP contribution < -0.4 is 14.2 Å². The van der Waals surface area contributed by atoms with Crippen LogP contribution in [0, 0.1) is 11.8 Å². The number of rotatable bonds is 12. The van der Waals surface area contributed by atoms with Gasteiger partial charge in [-0.1, -0.05) is 26.0 Å². The van der Waals surface area contributed by atoms with Crippen LogP contribution in [0.3, 0.4) is 0 Å². The smallest absolute Gasteiger partial charge is 0.335 e. The van der Waals surface area contributed by atoms with E-state index in [-0.39, 0.29) is 29.1 Å². The van der Waals surface area contributed by atoms with Gasteiger partial charge in [-0.3, -0.25) is 0 Å². The normalized spacial score (nSPS) is 32.2. The van der Waals surface area contributed by atoms with Crippen molar-refractivity contribution in [2.75, 3.05) is 7.11 Å². The molecule has 9 N–H and O–H groups in total. The molecule has 0 unspecified atom stereocenters. The lowest BCUT2D eigenvalue weighted by atomic mass is 9.85. The summed E-state index contributed by atoms with van der Waals surface area (Å²) < 4.78 is 27.0. The van der Waals surface area contributed by atoms with E-state index in [0.717, 1.165) is 5.56 Å². The number of aliphatic hydroxyl groups is 6. The van der Waals surface area contributed by atoms with Crippen molar-refractivity contribution in [1.82, 2.24) is 0 Å². The number of methoxy groups -OCH3 is 1. The molecule has 47 heavy (non-hydrogen) atoms. The van der Waals surface area contributed by atoms with E-state index in [1.54, 1.807) is 18.2 Å². The average molecular weight is 669 g/mol. The number of benzene rings is 2. The Labute approximate surface area is 268 Å². The number of ether oxygens (including phenoxy) is 5. The number of phenolic OH excluding ortho intramolecular Hbond substituents is 1. The summed E-state index contributed by atoms with van der Waals surface area (Å²) in [5.41, 5.74) is 1.53. The topological polar surface area (TPSA) is 262 Å². The number of hydrogen-bond acceptors (Lipinski definition) is 14. The maximum atomic E-state index is 11.6. The Kier molecular flexibility index (Phi) is 11.5. The fourth-order valence-corrected chi connectivity index (χ4v) is 5.43. The predicted molar refractivity (Wildman–Crippen MR) is 157 cm³/mol. The van der Waals surface area contributed by atoms with Gasteiger partial charge in [-0.25, -0.2) is 9.59 Å². The second-order valence-electron chi connectivity index (χ2n) is 11.9. The van der Waals surface area contributed by atoms with Crippen LogP contribution in [0.5, 0.6) is 23.0 Å². The van der Waals surface area contributed by atoms with Crippen molar-refractivity contribution >= 4 is 11.9 Å². The fraction of sp³-hybridized carbons (Fsp3) is 0.548. The molecule has 2 aromatic carbocycles. The Balaban J connectivity index is 1.60. The van der Waals surface area contributed by atoms with Crippen LogP contribution in [0.1, 0.15) is 25.0 Å². The minimum Gasteiger partial charge on any atom is -0.504 e. The zero-order valence-corrected chi connectivity index (χ0v) is 25.7. The van der Waals surface area contributed by atoms with Gasteiger partial charge >= 0.3 is 11.9 Å². The van der Waals surface area contributed by atoms with E-state index in [9.17, 15) is 55.5 Å². The van der Waals surface area contributed by atoms with Crippen LogP contribution in [0.25, 0.3) is 0 Å². The maximum absolute atomic E-state index is 11.6. The molecule has 0 radical (unpaired) electrons. The van der Waals surface area contributed by atoms with Gasteiger partial charge in [-0.15, -0.1) is 0 Å². The first kappa shape index (κ1) is 36.1. The number of aliphatic carboxylic acids is 2. The first-order valence-corrected chi connectivity index (χ1v) is 14.8. The number of carbonyl (C=O) groups is 2. The summed E-state index contributed by atoms with van der Waals surface area (Å²) in [4.78, 5) is 23.2. The highest BCUT2D eigenvalue weighted by Crippen LogP contribution is 2.36. The van der Waals surface area contributed by atoms with Crippen LogP contribution in [0.15, 0.2) is 36.4 Å². The van der Waals surface area contributed by atoms with E-state index in [2.05, 4.69) is 0 Å². The molecule has 12 atom stereocenters. The highest BCUT2D eigenvalue weighted by Gasteiger charge is 2.50. The number of carboxylic acid groups (broad SMARTS) is 2. The molecule has 2 saturated heterocycles. The van der Waals surface area contributed by atoms with Crippen molar-refractivity contribution in [3.63, 3.8) is 0 Å². The van der Waals surface area contributed by atoms with E-state index >= 15 is 0 Å². The van der Waals surface area contributed by atoms with Gasteiger partial charge in [0.1, 0.15) is 36.6 Å². The molecule has 0 bridgehead atoms. The van der Waals surface area contributed by atoms with Gasteiger partial charge in [0.05, 0.1) is 7.11 Å². The molecule has 4 rings (SSSR count). The molecular weight excluding hydrogens is 628 g/mol. The standard InChI is InChI=1S/C31H40O16/c1-12(8-14-4-6-17(43-3)16(32)10-14)13(2)9-15-5-7-18(44-30-24(37)20(33)22(35)26(46-30)28(39)40)19(11-15)45-31-25(38)21(34)23(36)27(47-31)29(41)42/h4-7,10-13,20-27,30-38H,8-9H2,1-3H3,(H,39,40)(H,41,42)/t12-,13+,20+,21+,22+,23+,24-,25-,26+,27+,30-,31-/m1/s1. The molecule has 0 amide bonds. The quantitative estimate of drug-likeness (QED) is 0.131. The summed E-state index contributed by atoms with van der Waals surface area (Å²) in [5, 5.41) is 90.6. The molecule has 0 aliphatic carbocycles. The average Bonchev–Trinajstić information content (AvgIpc) is 3.02. The molecular formula is C31H40O16. The summed E-state index contributed by atoms with van der Waals surface area (Å²) in [5.74, 6) is -3.24. The van der Waals surface area contributed by atoms with E-state index in [1.807, 2.05) is 19.9 Å². The highest BCUT2D eigenvalue weighted by molar-refractivity contribution is 5.74. The van der Waals surface area contributed by atoms with Gasteiger partial charge in [0.15, 0.2) is 35.2 Å². The minimum atomic E-state index is -1.98. The highest BCUT2D eigenvalue weighted by atomic mass is 16.7. The number of aliphatic hydroxyl groups excluding tert-OH is 6.